The van der Waals surface area contributed by atoms with Crippen LogP contribution in [0.4, 0.5) is 5.69 Å². The van der Waals surface area contributed by atoms with E-state index in [9.17, 15) is 4.79 Å². The molecule has 0 spiro atoms. The Hall–Kier alpha value is -3.54. The summed E-state index contributed by atoms with van der Waals surface area (Å²) in [4.78, 5) is 15.0. The Morgan fingerprint density at radius 1 is 1.25 bits per heavy atom. The summed E-state index contributed by atoms with van der Waals surface area (Å²) in [6.45, 7) is 11.8. The summed E-state index contributed by atoms with van der Waals surface area (Å²) >= 11 is 0. The van der Waals surface area contributed by atoms with Crippen LogP contribution in [0.25, 0.3) is 16.5 Å². The maximum atomic E-state index is 12.6. The summed E-state index contributed by atoms with van der Waals surface area (Å²) in [6.07, 6.45) is 3.98. The second-order valence-electron chi connectivity index (χ2n) is 8.64. The molecule has 0 fully saturated rings. The van der Waals surface area contributed by atoms with Gasteiger partial charge in [0.15, 0.2) is 17.1 Å². The number of anilines is 1. The van der Waals surface area contributed by atoms with Gasteiger partial charge in [0.1, 0.15) is 0 Å². The van der Waals surface area contributed by atoms with E-state index in [2.05, 4.69) is 68.3 Å². The van der Waals surface area contributed by atoms with Gasteiger partial charge in [0.05, 0.1) is 18.9 Å². The lowest BCUT2D eigenvalue weighted by atomic mass is 9.87. The monoisotopic (exact) mass is 431 g/mol. The third kappa shape index (κ3) is 3.77. The Morgan fingerprint density at radius 2 is 2.03 bits per heavy atom. The van der Waals surface area contributed by atoms with Crippen molar-refractivity contribution in [3.05, 3.63) is 64.9 Å². The number of ether oxygens (including phenoxy) is 1. The van der Waals surface area contributed by atoms with Crippen LogP contribution in [-0.4, -0.2) is 31.3 Å². The molecule has 1 N–H and O–H groups in total. The molecule has 4 rings (SSSR count). The average Bonchev–Trinajstić information content (AvgIpc) is 3.18. The van der Waals surface area contributed by atoms with Gasteiger partial charge >= 0.3 is 5.91 Å². The Balaban J connectivity index is 1.57. The molecule has 3 aromatic rings. The maximum Gasteiger partial charge on any atom is 0.307 e. The zero-order chi connectivity index (χ0) is 23.0. The number of para-hydroxylation sites is 1. The molecule has 1 aliphatic rings. The van der Waals surface area contributed by atoms with Gasteiger partial charge in [-0.25, -0.2) is 5.43 Å². The van der Waals surface area contributed by atoms with Crippen molar-refractivity contribution in [3.8, 4) is 5.75 Å². The first-order valence-corrected chi connectivity index (χ1v) is 10.8. The van der Waals surface area contributed by atoms with Crippen LogP contribution in [0.3, 0.4) is 0 Å². The molecule has 2 heterocycles. The van der Waals surface area contributed by atoms with Crippen molar-refractivity contribution in [1.29, 1.82) is 0 Å². The van der Waals surface area contributed by atoms with Crippen LogP contribution in [0.2, 0.25) is 0 Å². The van der Waals surface area contributed by atoms with Crippen LogP contribution >= 0.6 is 0 Å². The zero-order valence-electron chi connectivity index (χ0n) is 19.4. The van der Waals surface area contributed by atoms with Gasteiger partial charge in [0.2, 0.25) is 0 Å². The highest BCUT2D eigenvalue weighted by molar-refractivity contribution is 5.98. The van der Waals surface area contributed by atoms with E-state index in [1.54, 1.807) is 25.5 Å². The van der Waals surface area contributed by atoms with Crippen LogP contribution in [0, 0.1) is 6.92 Å². The lowest BCUT2D eigenvalue weighted by Gasteiger charge is -2.43. The minimum absolute atomic E-state index is 0.0306. The maximum absolute atomic E-state index is 12.6. The second kappa shape index (κ2) is 8.19. The van der Waals surface area contributed by atoms with E-state index in [0.717, 1.165) is 23.1 Å². The molecular formula is C26H29N3O3. The van der Waals surface area contributed by atoms with Crippen LogP contribution in [0.15, 0.2) is 52.0 Å². The highest BCUT2D eigenvalue weighted by atomic mass is 16.5. The van der Waals surface area contributed by atoms with E-state index in [1.165, 1.54) is 16.8 Å². The van der Waals surface area contributed by atoms with Crippen LogP contribution in [-0.2, 0) is 0 Å². The second-order valence-corrected chi connectivity index (χ2v) is 8.64. The summed E-state index contributed by atoms with van der Waals surface area (Å²) in [5, 5.41) is 4.99. The van der Waals surface area contributed by atoms with Crippen molar-refractivity contribution in [3.63, 3.8) is 0 Å². The van der Waals surface area contributed by atoms with E-state index < -0.39 is 5.91 Å². The van der Waals surface area contributed by atoms with E-state index in [1.807, 2.05) is 12.1 Å². The van der Waals surface area contributed by atoms with Crippen molar-refractivity contribution >= 4 is 34.4 Å². The predicted octanol–water partition coefficient (Wildman–Crippen LogP) is 5.54. The van der Waals surface area contributed by atoms with Crippen molar-refractivity contribution in [2.75, 3.05) is 18.6 Å². The highest BCUT2D eigenvalue weighted by Gasteiger charge is 2.30. The van der Waals surface area contributed by atoms with Gasteiger partial charge in [0, 0.05) is 23.2 Å². The van der Waals surface area contributed by atoms with E-state index in [-0.39, 0.29) is 11.3 Å². The number of furan rings is 1. The molecule has 166 valence electrons. The van der Waals surface area contributed by atoms with Crippen molar-refractivity contribution < 1.29 is 13.9 Å². The molecule has 1 amide bonds. The number of nitrogens with zero attached hydrogens (tertiary/aromatic N) is 2. The van der Waals surface area contributed by atoms with E-state index in [0.29, 0.717) is 11.3 Å². The third-order valence-corrected chi connectivity index (χ3v) is 6.00. The lowest BCUT2D eigenvalue weighted by molar-refractivity contribution is 0.0929. The summed E-state index contributed by atoms with van der Waals surface area (Å²) in [5.74, 6) is 0.357. The largest absolute Gasteiger partial charge is 0.493 e. The van der Waals surface area contributed by atoms with Crippen LogP contribution < -0.4 is 15.1 Å². The first-order valence-electron chi connectivity index (χ1n) is 10.8. The number of rotatable bonds is 5. The number of benzene rings is 2. The summed E-state index contributed by atoms with van der Waals surface area (Å²) < 4.78 is 11.0. The smallest absolute Gasteiger partial charge is 0.307 e. The Kier molecular flexibility index (Phi) is 5.55. The number of hydrogen-bond donors (Lipinski definition) is 1. The summed E-state index contributed by atoms with van der Waals surface area (Å²) in [5.41, 5.74) is 8.79. The molecule has 0 unspecified atom stereocenters. The van der Waals surface area contributed by atoms with Crippen LogP contribution in [0.5, 0.6) is 5.75 Å². The van der Waals surface area contributed by atoms with Crippen molar-refractivity contribution in [1.82, 2.24) is 5.43 Å². The first kappa shape index (κ1) is 21.7. The number of aryl methyl sites for hydroxylation is 1. The zero-order valence-corrected chi connectivity index (χ0v) is 19.4. The van der Waals surface area contributed by atoms with Gasteiger partial charge in [-0.2, -0.15) is 5.10 Å². The molecule has 0 atom stereocenters. The molecular weight excluding hydrogens is 402 g/mol. The van der Waals surface area contributed by atoms with Crippen molar-refractivity contribution in [2.24, 2.45) is 5.10 Å². The number of hydrazone groups is 1. The number of methoxy groups -OCH3 is 1. The van der Waals surface area contributed by atoms with E-state index in [4.69, 9.17) is 9.15 Å². The van der Waals surface area contributed by atoms with Gasteiger partial charge in [-0.3, -0.25) is 4.79 Å². The quantitative estimate of drug-likeness (QED) is 0.426. The minimum Gasteiger partial charge on any atom is -0.493 e. The molecule has 6 heteroatoms. The van der Waals surface area contributed by atoms with Crippen LogP contribution in [0.1, 0.15) is 54.9 Å². The molecule has 0 saturated heterocycles. The average molecular weight is 432 g/mol. The molecule has 32 heavy (non-hydrogen) atoms. The minimum atomic E-state index is -0.412. The number of allylic oxidation sites excluding steroid dienone is 1. The number of likely N-dealkylation sites (N-methyl/N-ethyl adjacent to an activating group) is 1. The molecule has 6 nitrogen and oxygen atoms in total. The molecule has 0 radical (unpaired) electrons. The summed E-state index contributed by atoms with van der Waals surface area (Å²) in [6, 6.07) is 11.5. The fraction of sp³-hybridized carbons (Fsp3) is 0.308. The normalized spacial score (nSPS) is 15.1. The number of carbonyl (C=O) groups is 1. The lowest BCUT2D eigenvalue weighted by Crippen LogP contribution is -2.45. The number of amides is 1. The molecule has 0 bridgehead atoms. The highest BCUT2D eigenvalue weighted by Crippen LogP contribution is 2.39. The third-order valence-electron chi connectivity index (χ3n) is 6.00. The number of fused-ring (bicyclic) bond motifs is 2. The molecule has 1 aliphatic heterocycles. The molecule has 0 saturated carbocycles. The fourth-order valence-corrected chi connectivity index (χ4v) is 4.49. The Bertz CT molecular complexity index is 1250. The van der Waals surface area contributed by atoms with Gasteiger partial charge in [0.25, 0.3) is 0 Å². The SMILES string of the molecule is CCN1c2cc(C)c(/C=N/NC(=O)c3cc4cccc(OC)c4o3)cc2C(C)=CC1(C)C. The Labute approximate surface area is 188 Å². The molecule has 0 aliphatic carbocycles. The van der Waals surface area contributed by atoms with Crippen molar-refractivity contribution in [2.45, 2.75) is 40.2 Å². The number of nitrogens with one attached hydrogen (secondary N) is 1. The standard InChI is InChI=1S/C26H29N3O3/c1-7-29-21-11-16(2)19(12-20(21)17(3)14-26(29,4)5)15-27-28-25(30)23-13-18-9-8-10-22(31-6)24(18)32-23/h8-15H,7H2,1-6H3,(H,28,30)/b27-15+. The first-order chi connectivity index (χ1) is 15.2. The fourth-order valence-electron chi connectivity index (χ4n) is 4.49. The van der Waals surface area contributed by atoms with Gasteiger partial charge in [-0.05, 0) is 75.6 Å². The Morgan fingerprint density at radius 3 is 2.75 bits per heavy atom. The molecule has 1 aromatic heterocycles. The molecule has 2 aromatic carbocycles. The topological polar surface area (TPSA) is 67.1 Å². The predicted molar refractivity (Wildman–Crippen MR) is 130 cm³/mol. The van der Waals surface area contributed by atoms with Gasteiger partial charge in [-0.1, -0.05) is 18.2 Å². The number of hydrogen-bond acceptors (Lipinski definition) is 5. The number of carbonyl (C=O) groups excluding carboxylic acids is 1. The summed E-state index contributed by atoms with van der Waals surface area (Å²) in [7, 11) is 1.57. The van der Waals surface area contributed by atoms with E-state index >= 15 is 0 Å². The van der Waals surface area contributed by atoms with Gasteiger partial charge < -0.3 is 14.1 Å². The van der Waals surface area contributed by atoms with Gasteiger partial charge in [-0.15, -0.1) is 0 Å².